The number of nitrogens with zero attached hydrogens (tertiary/aromatic N) is 1. The summed E-state index contributed by atoms with van der Waals surface area (Å²) in [5.74, 6) is -0.611. The van der Waals surface area contributed by atoms with Crippen LogP contribution < -0.4 is 5.32 Å². The van der Waals surface area contributed by atoms with Crippen LogP contribution in [-0.4, -0.2) is 16.0 Å². The summed E-state index contributed by atoms with van der Waals surface area (Å²) < 4.78 is 0. The van der Waals surface area contributed by atoms with E-state index in [-0.39, 0.29) is 22.4 Å². The average molecular weight is 297 g/mol. The van der Waals surface area contributed by atoms with E-state index < -0.39 is 0 Å². The molecule has 0 fully saturated rings. The van der Waals surface area contributed by atoms with E-state index >= 15 is 0 Å². The van der Waals surface area contributed by atoms with Crippen molar-refractivity contribution in [2.75, 3.05) is 5.32 Å². The third-order valence-electron chi connectivity index (χ3n) is 2.53. The van der Waals surface area contributed by atoms with Crippen LogP contribution in [0.4, 0.5) is 5.69 Å². The molecule has 0 radical (unpaired) electrons. The molecule has 0 saturated carbocycles. The van der Waals surface area contributed by atoms with E-state index in [1.807, 2.05) is 0 Å². The highest BCUT2D eigenvalue weighted by Gasteiger charge is 2.14. The highest BCUT2D eigenvalue weighted by molar-refractivity contribution is 6.36. The number of carbonyl (C=O) groups is 1. The van der Waals surface area contributed by atoms with Crippen LogP contribution in [0.15, 0.2) is 30.5 Å². The number of phenols is 1. The first-order chi connectivity index (χ1) is 8.99. The van der Waals surface area contributed by atoms with Crippen molar-refractivity contribution in [3.05, 3.63) is 51.8 Å². The molecule has 6 heteroatoms. The van der Waals surface area contributed by atoms with Crippen LogP contribution in [0.5, 0.6) is 5.75 Å². The normalized spacial score (nSPS) is 10.3. The number of aromatic nitrogens is 1. The van der Waals surface area contributed by atoms with Crippen molar-refractivity contribution in [1.82, 2.24) is 4.98 Å². The van der Waals surface area contributed by atoms with Gasteiger partial charge in [0, 0.05) is 16.9 Å². The fraction of sp³-hybridized carbons (Fsp3) is 0.0769. The minimum absolute atomic E-state index is 0.0747. The minimum atomic E-state index is -0.390. The largest absolute Gasteiger partial charge is 0.504 e. The van der Waals surface area contributed by atoms with Crippen molar-refractivity contribution in [1.29, 1.82) is 0 Å². The van der Waals surface area contributed by atoms with Gasteiger partial charge in [0.2, 0.25) is 0 Å². The predicted molar refractivity (Wildman–Crippen MR) is 75.1 cm³/mol. The smallest absolute Gasteiger partial charge is 0.257 e. The van der Waals surface area contributed by atoms with Gasteiger partial charge in [-0.05, 0) is 31.2 Å². The molecule has 2 aromatic rings. The highest BCUT2D eigenvalue weighted by Crippen LogP contribution is 2.35. The van der Waals surface area contributed by atoms with E-state index in [0.717, 1.165) is 0 Å². The van der Waals surface area contributed by atoms with Crippen LogP contribution in [0.3, 0.4) is 0 Å². The van der Waals surface area contributed by atoms with Crippen molar-refractivity contribution in [3.8, 4) is 5.75 Å². The maximum atomic E-state index is 12.1. The summed E-state index contributed by atoms with van der Waals surface area (Å²) in [4.78, 5) is 16.1. The first-order valence-electron chi connectivity index (χ1n) is 5.40. The van der Waals surface area contributed by atoms with Crippen molar-refractivity contribution in [3.63, 3.8) is 0 Å². The van der Waals surface area contributed by atoms with Crippen LogP contribution >= 0.6 is 23.2 Å². The number of pyridine rings is 1. The molecule has 1 amide bonds. The zero-order valence-corrected chi connectivity index (χ0v) is 11.5. The number of amides is 1. The Hall–Kier alpha value is -1.78. The summed E-state index contributed by atoms with van der Waals surface area (Å²) in [5, 5.41) is 12.7. The number of aromatic hydroxyl groups is 1. The monoisotopic (exact) mass is 296 g/mol. The summed E-state index contributed by atoms with van der Waals surface area (Å²) in [6.45, 7) is 1.72. The van der Waals surface area contributed by atoms with E-state index in [1.54, 1.807) is 25.3 Å². The molecule has 1 heterocycles. The molecule has 4 nitrogen and oxygen atoms in total. The van der Waals surface area contributed by atoms with E-state index in [1.165, 1.54) is 12.1 Å². The molecule has 2 rings (SSSR count). The Morgan fingerprint density at radius 1 is 1.37 bits per heavy atom. The zero-order chi connectivity index (χ0) is 14.0. The zero-order valence-electron chi connectivity index (χ0n) is 9.95. The van der Waals surface area contributed by atoms with Gasteiger partial charge in [0.15, 0.2) is 5.75 Å². The lowest BCUT2D eigenvalue weighted by Crippen LogP contribution is -2.14. The van der Waals surface area contributed by atoms with Gasteiger partial charge in [-0.15, -0.1) is 0 Å². The molecule has 0 saturated heterocycles. The molecule has 0 unspecified atom stereocenters. The summed E-state index contributed by atoms with van der Waals surface area (Å²) in [6.07, 6.45) is 1.60. The fourth-order valence-electron chi connectivity index (χ4n) is 1.58. The Morgan fingerprint density at radius 2 is 2.11 bits per heavy atom. The Labute approximate surface area is 120 Å². The Balaban J connectivity index is 2.32. The van der Waals surface area contributed by atoms with Gasteiger partial charge in [-0.3, -0.25) is 9.78 Å². The molecule has 2 N–H and O–H groups in total. The van der Waals surface area contributed by atoms with Gasteiger partial charge < -0.3 is 10.4 Å². The number of rotatable bonds is 2. The SMILES string of the molecule is Cc1ncccc1C(=O)Nc1cc(Cl)cc(Cl)c1O. The number of phenolic OH excluding ortho intramolecular Hbond substituents is 1. The summed E-state index contributed by atoms with van der Waals surface area (Å²) in [7, 11) is 0. The van der Waals surface area contributed by atoms with Gasteiger partial charge in [-0.25, -0.2) is 0 Å². The highest BCUT2D eigenvalue weighted by atomic mass is 35.5. The molecule has 0 atom stereocenters. The van der Waals surface area contributed by atoms with Crippen LogP contribution in [0, 0.1) is 6.92 Å². The summed E-state index contributed by atoms with van der Waals surface area (Å²) >= 11 is 11.6. The molecule has 0 aliphatic carbocycles. The van der Waals surface area contributed by atoms with Crippen molar-refractivity contribution >= 4 is 34.8 Å². The van der Waals surface area contributed by atoms with Crippen LogP contribution in [0.1, 0.15) is 16.1 Å². The third kappa shape index (κ3) is 2.97. The molecule has 1 aromatic carbocycles. The standard InChI is InChI=1S/C13H10Cl2N2O2/c1-7-9(3-2-4-16-7)13(19)17-11-6-8(14)5-10(15)12(11)18/h2-6,18H,1H3,(H,17,19). The van der Waals surface area contributed by atoms with Gasteiger partial charge >= 0.3 is 0 Å². The van der Waals surface area contributed by atoms with Gasteiger partial charge in [0.05, 0.1) is 16.3 Å². The number of aryl methyl sites for hydroxylation is 1. The second-order valence-corrected chi connectivity index (χ2v) is 4.72. The second kappa shape index (κ2) is 5.47. The second-order valence-electron chi connectivity index (χ2n) is 3.87. The van der Waals surface area contributed by atoms with E-state index in [2.05, 4.69) is 10.3 Å². The molecule has 19 heavy (non-hydrogen) atoms. The van der Waals surface area contributed by atoms with Crippen LogP contribution in [0.2, 0.25) is 10.0 Å². The van der Waals surface area contributed by atoms with Gasteiger partial charge in [-0.2, -0.15) is 0 Å². The summed E-state index contributed by atoms with van der Waals surface area (Å²) in [5.41, 5.74) is 1.16. The van der Waals surface area contributed by atoms with Gasteiger partial charge in [0.25, 0.3) is 5.91 Å². The topological polar surface area (TPSA) is 62.2 Å². The number of nitrogens with one attached hydrogen (secondary N) is 1. The lowest BCUT2D eigenvalue weighted by atomic mass is 10.2. The molecule has 0 spiro atoms. The van der Waals surface area contributed by atoms with E-state index in [0.29, 0.717) is 16.3 Å². The Morgan fingerprint density at radius 3 is 2.79 bits per heavy atom. The van der Waals surface area contributed by atoms with Gasteiger partial charge in [-0.1, -0.05) is 23.2 Å². The third-order valence-corrected chi connectivity index (χ3v) is 3.03. The number of hydrogen-bond donors (Lipinski definition) is 2. The van der Waals surface area contributed by atoms with Crippen LogP contribution in [-0.2, 0) is 0 Å². The first kappa shape index (κ1) is 13.6. The molecular weight excluding hydrogens is 287 g/mol. The van der Waals surface area contributed by atoms with Crippen molar-refractivity contribution in [2.45, 2.75) is 6.92 Å². The maximum Gasteiger partial charge on any atom is 0.257 e. The lowest BCUT2D eigenvalue weighted by Gasteiger charge is -2.10. The van der Waals surface area contributed by atoms with E-state index in [9.17, 15) is 9.90 Å². The number of anilines is 1. The molecular formula is C13H10Cl2N2O2. The van der Waals surface area contributed by atoms with Crippen molar-refractivity contribution in [2.24, 2.45) is 0 Å². The maximum absolute atomic E-state index is 12.1. The molecule has 0 aliphatic heterocycles. The lowest BCUT2D eigenvalue weighted by molar-refractivity contribution is 0.102. The Kier molecular flexibility index (Phi) is 3.93. The predicted octanol–water partition coefficient (Wildman–Crippen LogP) is 3.65. The van der Waals surface area contributed by atoms with Crippen LogP contribution in [0.25, 0.3) is 0 Å². The van der Waals surface area contributed by atoms with Crippen molar-refractivity contribution < 1.29 is 9.90 Å². The number of carbonyl (C=O) groups excluding carboxylic acids is 1. The molecule has 0 aliphatic rings. The fourth-order valence-corrected chi connectivity index (χ4v) is 2.07. The Bertz CT molecular complexity index is 645. The average Bonchev–Trinajstić information content (AvgIpc) is 2.35. The minimum Gasteiger partial charge on any atom is -0.504 e. The first-order valence-corrected chi connectivity index (χ1v) is 6.15. The molecule has 98 valence electrons. The summed E-state index contributed by atoms with van der Waals surface area (Å²) in [6, 6.07) is 6.11. The quantitative estimate of drug-likeness (QED) is 0.832. The molecule has 1 aromatic heterocycles. The number of benzene rings is 1. The molecule has 0 bridgehead atoms. The number of halogens is 2. The van der Waals surface area contributed by atoms with Gasteiger partial charge in [0.1, 0.15) is 0 Å². The number of hydrogen-bond acceptors (Lipinski definition) is 3. The van der Waals surface area contributed by atoms with E-state index in [4.69, 9.17) is 23.2 Å².